The number of carboxylic acid groups (broad SMARTS) is 1. The van der Waals surface area contributed by atoms with Crippen molar-refractivity contribution >= 4 is 11.7 Å². The summed E-state index contributed by atoms with van der Waals surface area (Å²) in [6, 6.07) is 15.1. The molecule has 1 unspecified atom stereocenters. The normalized spacial score (nSPS) is 20.2. The topological polar surface area (TPSA) is 106 Å². The molecule has 36 heavy (non-hydrogen) atoms. The number of hydrogen-bond donors (Lipinski definition) is 2. The molecular weight excluding hydrogens is 452 g/mol. The second kappa shape index (κ2) is 8.55. The zero-order valence-corrected chi connectivity index (χ0v) is 20.6. The van der Waals surface area contributed by atoms with E-state index in [0.29, 0.717) is 12.2 Å². The van der Waals surface area contributed by atoms with Crippen LogP contribution in [0.3, 0.4) is 0 Å². The number of fused-ring (bicyclic) bond motifs is 1. The molecule has 1 saturated carbocycles. The van der Waals surface area contributed by atoms with E-state index < -0.39 is 5.97 Å². The van der Waals surface area contributed by atoms with Crippen LogP contribution in [-0.4, -0.2) is 36.3 Å². The molecule has 2 heterocycles. The van der Waals surface area contributed by atoms with E-state index in [1.165, 1.54) is 38.2 Å². The van der Waals surface area contributed by atoms with Crippen molar-refractivity contribution in [2.45, 2.75) is 45.1 Å². The number of anilines is 1. The highest BCUT2D eigenvalue weighted by atomic mass is 16.4. The first-order valence-corrected chi connectivity index (χ1v) is 12.3. The van der Waals surface area contributed by atoms with E-state index in [1.54, 1.807) is 7.05 Å². The van der Waals surface area contributed by atoms with Gasteiger partial charge in [0.05, 0.1) is 30.9 Å². The van der Waals surface area contributed by atoms with Gasteiger partial charge in [-0.2, -0.15) is 4.80 Å². The van der Waals surface area contributed by atoms with E-state index in [1.807, 2.05) is 18.3 Å². The summed E-state index contributed by atoms with van der Waals surface area (Å²) in [5.41, 5.74) is 10.5. The van der Waals surface area contributed by atoms with Crippen molar-refractivity contribution < 1.29 is 9.90 Å². The number of rotatable bonds is 6. The summed E-state index contributed by atoms with van der Waals surface area (Å²) < 4.78 is 0. The first-order valence-electron chi connectivity index (χ1n) is 12.3. The van der Waals surface area contributed by atoms with Crippen LogP contribution in [0.15, 0.2) is 48.7 Å². The van der Waals surface area contributed by atoms with Gasteiger partial charge in [-0.15, -0.1) is 10.2 Å². The van der Waals surface area contributed by atoms with Crippen LogP contribution in [-0.2, 0) is 18.3 Å². The van der Waals surface area contributed by atoms with Gasteiger partial charge in [0.25, 0.3) is 0 Å². The van der Waals surface area contributed by atoms with Crippen LogP contribution in [0.4, 0.5) is 5.69 Å². The standard InChI is InChI=1S/C28H28N6O2/c1-15-11-17(27-31-33-34(3)32-27)12-16(2)26(15)21-6-4-5-20-19(21)8-10-25(20)30-18-7-9-24(29-14-18)22-13-23(22)28(35)36/h4-7,9,11-12,14,22-23,25,30H,8,10,13H2,1-3H3,(H,35,36)/t22-,23-,25?/m1/s1. The number of benzene rings is 2. The minimum atomic E-state index is -0.729. The minimum absolute atomic E-state index is 0.0499. The van der Waals surface area contributed by atoms with Gasteiger partial charge in [-0.1, -0.05) is 18.2 Å². The quantitative estimate of drug-likeness (QED) is 0.407. The molecule has 6 rings (SSSR count). The Bertz CT molecular complexity index is 1450. The Hall–Kier alpha value is -4.07. The molecule has 1 fully saturated rings. The van der Waals surface area contributed by atoms with Crippen molar-refractivity contribution in [3.05, 3.63) is 76.6 Å². The van der Waals surface area contributed by atoms with Gasteiger partial charge in [0, 0.05) is 17.2 Å². The molecule has 4 aromatic rings. The zero-order chi connectivity index (χ0) is 25.0. The Morgan fingerprint density at radius 2 is 1.94 bits per heavy atom. The molecule has 0 amide bonds. The molecule has 8 nitrogen and oxygen atoms in total. The average Bonchev–Trinajstić information content (AvgIpc) is 3.39. The van der Waals surface area contributed by atoms with E-state index in [0.717, 1.165) is 29.8 Å². The lowest BCUT2D eigenvalue weighted by Gasteiger charge is -2.18. The summed E-state index contributed by atoms with van der Waals surface area (Å²) in [4.78, 5) is 17.2. The largest absolute Gasteiger partial charge is 0.481 e. The summed E-state index contributed by atoms with van der Waals surface area (Å²) >= 11 is 0. The first-order chi connectivity index (χ1) is 17.4. The van der Waals surface area contributed by atoms with E-state index in [2.05, 4.69) is 69.9 Å². The molecule has 2 N–H and O–H groups in total. The molecule has 3 atom stereocenters. The fourth-order valence-electron chi connectivity index (χ4n) is 5.66. The Labute approximate surface area is 209 Å². The fraction of sp³-hybridized carbons (Fsp3) is 0.321. The fourth-order valence-corrected chi connectivity index (χ4v) is 5.66. The number of carboxylic acids is 1. The maximum absolute atomic E-state index is 11.2. The summed E-state index contributed by atoms with van der Waals surface area (Å²) in [6.45, 7) is 4.29. The van der Waals surface area contributed by atoms with Crippen LogP contribution in [0.5, 0.6) is 0 Å². The summed E-state index contributed by atoms with van der Waals surface area (Å²) in [5.74, 6) is -0.325. The predicted octanol–water partition coefficient (Wildman–Crippen LogP) is 4.84. The molecule has 2 aliphatic carbocycles. The van der Waals surface area contributed by atoms with Gasteiger partial charge in [-0.05, 0) is 96.0 Å². The van der Waals surface area contributed by atoms with E-state index in [9.17, 15) is 9.90 Å². The molecule has 2 aromatic heterocycles. The Morgan fingerprint density at radius 1 is 1.14 bits per heavy atom. The number of nitrogens with zero attached hydrogens (tertiary/aromatic N) is 5. The lowest BCUT2D eigenvalue weighted by Crippen LogP contribution is -2.08. The zero-order valence-electron chi connectivity index (χ0n) is 20.6. The van der Waals surface area contributed by atoms with E-state index in [4.69, 9.17) is 0 Å². The van der Waals surface area contributed by atoms with Gasteiger partial charge >= 0.3 is 5.97 Å². The number of aromatic nitrogens is 5. The molecule has 0 saturated heterocycles. The van der Waals surface area contributed by atoms with Crippen LogP contribution in [0.25, 0.3) is 22.5 Å². The number of nitrogens with one attached hydrogen (secondary N) is 1. The monoisotopic (exact) mass is 480 g/mol. The maximum atomic E-state index is 11.2. The molecule has 182 valence electrons. The summed E-state index contributed by atoms with van der Waals surface area (Å²) in [7, 11) is 1.77. The van der Waals surface area contributed by atoms with Crippen molar-refractivity contribution in [1.82, 2.24) is 25.2 Å². The number of aryl methyl sites for hydroxylation is 3. The summed E-state index contributed by atoms with van der Waals surface area (Å²) in [5, 5.41) is 25.3. The first kappa shape index (κ1) is 22.4. The second-order valence-corrected chi connectivity index (χ2v) is 9.96. The molecule has 0 radical (unpaired) electrons. The van der Waals surface area contributed by atoms with Gasteiger partial charge in [-0.3, -0.25) is 9.78 Å². The third kappa shape index (κ3) is 3.92. The summed E-state index contributed by atoms with van der Waals surface area (Å²) in [6.07, 6.45) is 4.53. The van der Waals surface area contributed by atoms with Crippen LogP contribution in [0.2, 0.25) is 0 Å². The van der Waals surface area contributed by atoms with Crippen LogP contribution >= 0.6 is 0 Å². The number of aliphatic carboxylic acids is 1. The number of hydrogen-bond acceptors (Lipinski definition) is 6. The van der Waals surface area contributed by atoms with E-state index in [-0.39, 0.29) is 17.9 Å². The van der Waals surface area contributed by atoms with Crippen LogP contribution < -0.4 is 5.32 Å². The predicted molar refractivity (Wildman–Crippen MR) is 137 cm³/mol. The number of carbonyl (C=O) groups is 1. The van der Waals surface area contributed by atoms with Gasteiger partial charge in [0.2, 0.25) is 5.82 Å². The molecule has 8 heteroatoms. The van der Waals surface area contributed by atoms with Crippen molar-refractivity contribution in [3.8, 4) is 22.5 Å². The molecule has 2 aromatic carbocycles. The molecule has 0 aliphatic heterocycles. The second-order valence-electron chi connectivity index (χ2n) is 9.96. The van der Waals surface area contributed by atoms with Gasteiger partial charge in [0.15, 0.2) is 0 Å². The Morgan fingerprint density at radius 3 is 2.58 bits per heavy atom. The van der Waals surface area contributed by atoms with E-state index >= 15 is 0 Å². The third-order valence-electron chi connectivity index (χ3n) is 7.45. The van der Waals surface area contributed by atoms with Crippen molar-refractivity contribution in [1.29, 1.82) is 0 Å². The SMILES string of the molecule is Cc1cc(-c2nnn(C)n2)cc(C)c1-c1cccc2c1CCC2Nc1ccc([C@@H]2C[C@H]2C(=O)O)nc1. The average molecular weight is 481 g/mol. The lowest BCUT2D eigenvalue weighted by molar-refractivity contribution is -0.138. The molecule has 0 bridgehead atoms. The van der Waals surface area contributed by atoms with Crippen molar-refractivity contribution in [2.75, 3.05) is 5.32 Å². The maximum Gasteiger partial charge on any atom is 0.307 e. The highest BCUT2D eigenvalue weighted by Gasteiger charge is 2.45. The highest BCUT2D eigenvalue weighted by Crippen LogP contribution is 2.47. The third-order valence-corrected chi connectivity index (χ3v) is 7.45. The number of pyridine rings is 1. The molecular formula is C28H28N6O2. The Kier molecular flexibility index (Phi) is 5.32. The number of tetrazole rings is 1. The highest BCUT2D eigenvalue weighted by molar-refractivity contribution is 5.79. The minimum Gasteiger partial charge on any atom is -0.481 e. The lowest BCUT2D eigenvalue weighted by atomic mass is 9.89. The van der Waals surface area contributed by atoms with Gasteiger partial charge in [0.1, 0.15) is 0 Å². The van der Waals surface area contributed by atoms with Crippen molar-refractivity contribution in [3.63, 3.8) is 0 Å². The Balaban J connectivity index is 1.25. The van der Waals surface area contributed by atoms with Gasteiger partial charge < -0.3 is 10.4 Å². The van der Waals surface area contributed by atoms with Crippen molar-refractivity contribution in [2.24, 2.45) is 13.0 Å². The van der Waals surface area contributed by atoms with Crippen LogP contribution in [0.1, 0.15) is 52.7 Å². The molecule has 2 aliphatic rings. The molecule has 0 spiro atoms. The van der Waals surface area contributed by atoms with Gasteiger partial charge in [-0.25, -0.2) is 0 Å². The smallest absolute Gasteiger partial charge is 0.307 e. The van der Waals surface area contributed by atoms with Crippen LogP contribution in [0, 0.1) is 19.8 Å².